The van der Waals surface area contributed by atoms with Crippen molar-refractivity contribution in [3.8, 4) is 0 Å². The second kappa shape index (κ2) is 6.66. The van der Waals surface area contributed by atoms with Crippen LogP contribution >= 0.6 is 11.3 Å². The lowest BCUT2D eigenvalue weighted by Crippen LogP contribution is -2.28. The fourth-order valence-electron chi connectivity index (χ4n) is 4.14. The zero-order chi connectivity index (χ0) is 14.8. The largest absolute Gasteiger partial charge is 0.351 e. The fourth-order valence-corrected chi connectivity index (χ4v) is 5.06. The molecule has 0 spiro atoms. The van der Waals surface area contributed by atoms with Crippen LogP contribution in [0.25, 0.3) is 0 Å². The van der Waals surface area contributed by atoms with Crippen molar-refractivity contribution in [3.05, 3.63) is 11.1 Å². The molecular weight excluding hydrogens is 278 g/mol. The van der Waals surface area contributed by atoms with E-state index in [2.05, 4.69) is 42.3 Å². The highest BCUT2D eigenvalue weighted by atomic mass is 32.1. The van der Waals surface area contributed by atoms with Crippen LogP contribution in [0.5, 0.6) is 0 Å². The molecule has 2 bridgehead atoms. The standard InChI is InChI=1S/C17H29N3S/c1-4-7-18-12(2)16-10-19-17(21-16)20(3)11-15-9-13-5-6-14(15)8-13/h10,12-15,18H,4-9,11H2,1-3H3. The van der Waals surface area contributed by atoms with E-state index < -0.39 is 0 Å². The average Bonchev–Trinajstić information content (AvgIpc) is 3.19. The lowest BCUT2D eigenvalue weighted by molar-refractivity contribution is 0.337. The molecule has 0 aromatic carbocycles. The summed E-state index contributed by atoms with van der Waals surface area (Å²) in [4.78, 5) is 8.41. The van der Waals surface area contributed by atoms with Gasteiger partial charge in [-0.05, 0) is 56.9 Å². The topological polar surface area (TPSA) is 28.2 Å². The van der Waals surface area contributed by atoms with Crippen LogP contribution in [-0.2, 0) is 0 Å². The Bertz CT molecular complexity index is 459. The van der Waals surface area contributed by atoms with Crippen LogP contribution in [0.15, 0.2) is 6.20 Å². The molecule has 3 rings (SSSR count). The molecule has 3 nitrogen and oxygen atoms in total. The monoisotopic (exact) mass is 307 g/mol. The highest BCUT2D eigenvalue weighted by molar-refractivity contribution is 7.15. The third kappa shape index (κ3) is 3.42. The minimum Gasteiger partial charge on any atom is -0.351 e. The fraction of sp³-hybridized carbons (Fsp3) is 0.824. The van der Waals surface area contributed by atoms with E-state index in [0.717, 1.165) is 24.3 Å². The number of fused-ring (bicyclic) bond motifs is 2. The van der Waals surface area contributed by atoms with E-state index in [0.29, 0.717) is 6.04 Å². The maximum atomic E-state index is 4.65. The van der Waals surface area contributed by atoms with Gasteiger partial charge in [-0.2, -0.15) is 0 Å². The van der Waals surface area contributed by atoms with Crippen molar-refractivity contribution >= 4 is 16.5 Å². The second-order valence-electron chi connectivity index (χ2n) is 7.04. The van der Waals surface area contributed by atoms with Gasteiger partial charge in [0.05, 0.1) is 0 Å². The van der Waals surface area contributed by atoms with E-state index in [1.54, 1.807) is 0 Å². The molecule has 1 aromatic heterocycles. The predicted molar refractivity (Wildman–Crippen MR) is 91.0 cm³/mol. The molecule has 0 aliphatic heterocycles. The zero-order valence-corrected chi connectivity index (χ0v) is 14.5. The molecule has 4 atom stereocenters. The van der Waals surface area contributed by atoms with Crippen molar-refractivity contribution in [3.63, 3.8) is 0 Å². The summed E-state index contributed by atoms with van der Waals surface area (Å²) >= 11 is 1.86. The summed E-state index contributed by atoms with van der Waals surface area (Å²) in [5.74, 6) is 2.96. The van der Waals surface area contributed by atoms with E-state index in [4.69, 9.17) is 0 Å². The Balaban J connectivity index is 1.55. The first kappa shape index (κ1) is 15.3. The normalized spacial score (nSPS) is 29.0. The minimum atomic E-state index is 0.423. The highest BCUT2D eigenvalue weighted by Gasteiger charge is 2.39. The average molecular weight is 308 g/mol. The SMILES string of the molecule is CCCNC(C)c1cnc(N(C)CC2CC3CCC2C3)s1. The van der Waals surface area contributed by atoms with Crippen LogP contribution in [0.1, 0.15) is 56.9 Å². The Hall–Kier alpha value is -0.610. The number of hydrogen-bond acceptors (Lipinski definition) is 4. The third-order valence-corrected chi connectivity index (χ3v) is 6.65. The molecule has 2 saturated carbocycles. The minimum absolute atomic E-state index is 0.423. The van der Waals surface area contributed by atoms with Gasteiger partial charge in [0.25, 0.3) is 0 Å². The molecule has 21 heavy (non-hydrogen) atoms. The molecule has 4 unspecified atom stereocenters. The molecular formula is C17H29N3S. The van der Waals surface area contributed by atoms with Crippen LogP contribution in [0.3, 0.4) is 0 Å². The van der Waals surface area contributed by atoms with Gasteiger partial charge in [0.2, 0.25) is 0 Å². The first-order valence-electron chi connectivity index (χ1n) is 8.57. The number of hydrogen-bond donors (Lipinski definition) is 1. The van der Waals surface area contributed by atoms with Crippen molar-refractivity contribution in [2.75, 3.05) is 25.0 Å². The smallest absolute Gasteiger partial charge is 0.185 e. The van der Waals surface area contributed by atoms with Gasteiger partial charge in [0.15, 0.2) is 5.13 Å². The highest BCUT2D eigenvalue weighted by Crippen LogP contribution is 2.48. The van der Waals surface area contributed by atoms with Crippen LogP contribution in [0.4, 0.5) is 5.13 Å². The molecule has 2 fully saturated rings. The first-order valence-corrected chi connectivity index (χ1v) is 9.39. The van der Waals surface area contributed by atoms with Gasteiger partial charge in [-0.1, -0.05) is 13.3 Å². The molecule has 0 radical (unpaired) electrons. The Morgan fingerprint density at radius 2 is 2.29 bits per heavy atom. The van der Waals surface area contributed by atoms with Crippen molar-refractivity contribution in [1.82, 2.24) is 10.3 Å². The van der Waals surface area contributed by atoms with Crippen molar-refractivity contribution < 1.29 is 0 Å². The van der Waals surface area contributed by atoms with E-state index in [9.17, 15) is 0 Å². The Labute approximate surface area is 133 Å². The number of thiazole rings is 1. The van der Waals surface area contributed by atoms with E-state index in [-0.39, 0.29) is 0 Å². The predicted octanol–water partition coefficient (Wildman–Crippen LogP) is 4.08. The van der Waals surface area contributed by atoms with Crippen molar-refractivity contribution in [1.29, 1.82) is 0 Å². The van der Waals surface area contributed by atoms with Crippen LogP contribution in [-0.4, -0.2) is 25.1 Å². The van der Waals surface area contributed by atoms with Crippen molar-refractivity contribution in [2.45, 2.75) is 52.0 Å². The van der Waals surface area contributed by atoms with Gasteiger partial charge < -0.3 is 10.2 Å². The molecule has 1 N–H and O–H groups in total. The number of aromatic nitrogens is 1. The molecule has 118 valence electrons. The number of nitrogens with one attached hydrogen (secondary N) is 1. The summed E-state index contributed by atoms with van der Waals surface area (Å²) in [6.07, 6.45) is 9.17. The Morgan fingerprint density at radius 1 is 1.43 bits per heavy atom. The lowest BCUT2D eigenvalue weighted by atomic mass is 9.88. The Morgan fingerprint density at radius 3 is 2.95 bits per heavy atom. The molecule has 2 aliphatic rings. The summed E-state index contributed by atoms with van der Waals surface area (Å²) in [6, 6.07) is 0.423. The Kier molecular flexibility index (Phi) is 4.85. The van der Waals surface area contributed by atoms with Gasteiger partial charge in [0, 0.05) is 30.7 Å². The van der Waals surface area contributed by atoms with Gasteiger partial charge in [0.1, 0.15) is 0 Å². The third-order valence-electron chi connectivity index (χ3n) is 5.36. The zero-order valence-electron chi connectivity index (χ0n) is 13.6. The van der Waals surface area contributed by atoms with Gasteiger partial charge in [-0.3, -0.25) is 0 Å². The van der Waals surface area contributed by atoms with Crippen LogP contribution < -0.4 is 10.2 Å². The van der Waals surface area contributed by atoms with E-state index >= 15 is 0 Å². The van der Waals surface area contributed by atoms with Gasteiger partial charge in [-0.25, -0.2) is 4.98 Å². The molecule has 0 saturated heterocycles. The summed E-state index contributed by atoms with van der Waals surface area (Å²) in [5.41, 5.74) is 0. The number of anilines is 1. The summed E-state index contributed by atoms with van der Waals surface area (Å²) in [7, 11) is 2.22. The first-order chi connectivity index (χ1) is 10.2. The van der Waals surface area contributed by atoms with E-state index in [1.165, 1.54) is 48.7 Å². The maximum absolute atomic E-state index is 4.65. The van der Waals surface area contributed by atoms with Crippen molar-refractivity contribution in [2.24, 2.45) is 17.8 Å². The van der Waals surface area contributed by atoms with E-state index in [1.807, 2.05) is 11.3 Å². The molecule has 0 amide bonds. The number of nitrogens with zero attached hydrogens (tertiary/aromatic N) is 2. The molecule has 1 aromatic rings. The molecule has 4 heteroatoms. The van der Waals surface area contributed by atoms with Gasteiger partial charge >= 0.3 is 0 Å². The number of rotatable bonds is 7. The lowest BCUT2D eigenvalue weighted by Gasteiger charge is -2.26. The second-order valence-corrected chi connectivity index (χ2v) is 8.08. The van der Waals surface area contributed by atoms with Crippen LogP contribution in [0.2, 0.25) is 0 Å². The summed E-state index contributed by atoms with van der Waals surface area (Å²) < 4.78 is 0. The summed E-state index contributed by atoms with van der Waals surface area (Å²) in [5, 5.41) is 4.74. The van der Waals surface area contributed by atoms with Crippen LogP contribution in [0, 0.1) is 17.8 Å². The van der Waals surface area contributed by atoms with Gasteiger partial charge in [-0.15, -0.1) is 11.3 Å². The molecule has 1 heterocycles. The maximum Gasteiger partial charge on any atom is 0.185 e. The summed E-state index contributed by atoms with van der Waals surface area (Å²) in [6.45, 7) is 6.73. The molecule has 2 aliphatic carbocycles. The quantitative estimate of drug-likeness (QED) is 0.823.